The van der Waals surface area contributed by atoms with Crippen LogP contribution in [0, 0.1) is 5.92 Å². The largest absolute Gasteiger partial charge is 0.507 e. The Balaban J connectivity index is 1.95. The summed E-state index contributed by atoms with van der Waals surface area (Å²) < 4.78 is 10.8. The molecule has 0 radical (unpaired) electrons. The number of ketones is 1. The van der Waals surface area contributed by atoms with Crippen LogP contribution < -0.4 is 4.74 Å². The number of hydrogen-bond acceptors (Lipinski definition) is 6. The summed E-state index contributed by atoms with van der Waals surface area (Å²) in [6.45, 7) is 5.58. The van der Waals surface area contributed by atoms with Gasteiger partial charge in [-0.15, -0.1) is 11.3 Å². The summed E-state index contributed by atoms with van der Waals surface area (Å²) in [5.74, 6) is -0.337. The van der Waals surface area contributed by atoms with Crippen molar-refractivity contribution in [2.45, 2.75) is 26.3 Å². The summed E-state index contributed by atoms with van der Waals surface area (Å²) in [5, 5.41) is 12.9. The van der Waals surface area contributed by atoms with E-state index < -0.39 is 17.7 Å². The van der Waals surface area contributed by atoms with Crippen molar-refractivity contribution in [3.63, 3.8) is 0 Å². The number of amides is 1. The van der Waals surface area contributed by atoms with Crippen molar-refractivity contribution in [3.8, 4) is 5.75 Å². The van der Waals surface area contributed by atoms with E-state index in [9.17, 15) is 14.7 Å². The normalized spacial score (nSPS) is 18.4. The Labute approximate surface area is 180 Å². The lowest BCUT2D eigenvalue weighted by Crippen LogP contribution is -2.31. The van der Waals surface area contributed by atoms with Crippen molar-refractivity contribution >= 4 is 28.8 Å². The molecule has 3 rings (SSSR count). The molecule has 0 bridgehead atoms. The van der Waals surface area contributed by atoms with Crippen LogP contribution in [0.5, 0.6) is 5.75 Å². The van der Waals surface area contributed by atoms with E-state index in [1.54, 1.807) is 31.4 Å². The molecule has 160 valence electrons. The number of carbonyl (C=O) groups is 2. The van der Waals surface area contributed by atoms with Gasteiger partial charge in [0, 0.05) is 30.7 Å². The van der Waals surface area contributed by atoms with Gasteiger partial charge in [0.1, 0.15) is 11.5 Å². The Bertz CT molecular complexity index is 902. The third-order valence-electron chi connectivity index (χ3n) is 4.81. The zero-order valence-corrected chi connectivity index (χ0v) is 18.3. The fourth-order valence-electron chi connectivity index (χ4n) is 3.36. The zero-order valence-electron chi connectivity index (χ0n) is 17.5. The molecule has 0 saturated carbocycles. The molecule has 1 aliphatic heterocycles. The number of aliphatic hydroxyl groups is 1. The number of rotatable bonds is 9. The minimum Gasteiger partial charge on any atom is -0.507 e. The molecule has 0 unspecified atom stereocenters. The highest BCUT2D eigenvalue weighted by molar-refractivity contribution is 7.10. The molecule has 7 heteroatoms. The van der Waals surface area contributed by atoms with Gasteiger partial charge in [-0.3, -0.25) is 9.59 Å². The maximum Gasteiger partial charge on any atom is 0.295 e. The minimum atomic E-state index is -0.663. The summed E-state index contributed by atoms with van der Waals surface area (Å²) in [6.07, 6.45) is 0.604. The lowest BCUT2D eigenvalue weighted by atomic mass is 10.00. The van der Waals surface area contributed by atoms with E-state index in [1.807, 2.05) is 17.5 Å². The zero-order chi connectivity index (χ0) is 21.7. The predicted molar refractivity (Wildman–Crippen MR) is 117 cm³/mol. The van der Waals surface area contributed by atoms with Crippen molar-refractivity contribution in [3.05, 3.63) is 57.8 Å². The summed E-state index contributed by atoms with van der Waals surface area (Å²) in [7, 11) is 1.60. The molecule has 1 saturated heterocycles. The number of Topliss-reactive ketones (excluding diaryl/α,β-unsaturated/α-hetero) is 1. The number of hydrogen-bond donors (Lipinski definition) is 1. The Morgan fingerprint density at radius 2 is 1.93 bits per heavy atom. The van der Waals surface area contributed by atoms with Gasteiger partial charge in [0.15, 0.2) is 0 Å². The number of methoxy groups -OCH3 is 1. The fraction of sp³-hybridized carbons (Fsp3) is 0.391. The van der Waals surface area contributed by atoms with Gasteiger partial charge in [0.25, 0.3) is 11.7 Å². The van der Waals surface area contributed by atoms with Gasteiger partial charge in [-0.25, -0.2) is 0 Å². The molecule has 0 spiro atoms. The van der Waals surface area contributed by atoms with Crippen molar-refractivity contribution in [1.82, 2.24) is 4.90 Å². The number of thiophene rings is 1. The van der Waals surface area contributed by atoms with Crippen LogP contribution in [-0.4, -0.2) is 48.6 Å². The highest BCUT2D eigenvalue weighted by Gasteiger charge is 2.46. The molecule has 6 nitrogen and oxygen atoms in total. The van der Waals surface area contributed by atoms with E-state index in [4.69, 9.17) is 9.47 Å². The third kappa shape index (κ3) is 4.74. The Kier molecular flexibility index (Phi) is 7.29. The van der Waals surface area contributed by atoms with E-state index in [0.29, 0.717) is 43.4 Å². The van der Waals surface area contributed by atoms with Gasteiger partial charge in [-0.05, 0) is 48.1 Å². The standard InChI is InChI=1S/C23H27NO5S/c1-15(2)14-29-17-9-7-16(8-10-17)21(25)19-20(18-6-4-13-30-18)24(11-5-12-28-3)23(27)22(19)26/h4,6-10,13,15,20,25H,5,11-12,14H2,1-3H3/b21-19+/t20-/m1/s1. The molecular weight excluding hydrogens is 402 g/mol. The first-order valence-electron chi connectivity index (χ1n) is 9.98. The van der Waals surface area contributed by atoms with E-state index in [0.717, 1.165) is 4.88 Å². The molecule has 1 atom stereocenters. The first-order valence-corrected chi connectivity index (χ1v) is 10.9. The average Bonchev–Trinajstić information content (AvgIpc) is 3.35. The summed E-state index contributed by atoms with van der Waals surface area (Å²) in [6, 6.07) is 10.1. The molecule has 1 aromatic heterocycles. The van der Waals surface area contributed by atoms with E-state index >= 15 is 0 Å². The van der Waals surface area contributed by atoms with Crippen LogP contribution in [0.2, 0.25) is 0 Å². The number of carbonyl (C=O) groups excluding carboxylic acids is 2. The smallest absolute Gasteiger partial charge is 0.295 e. The van der Waals surface area contributed by atoms with Crippen LogP contribution in [0.25, 0.3) is 5.76 Å². The first-order chi connectivity index (χ1) is 14.4. The van der Waals surface area contributed by atoms with Gasteiger partial charge in [0.2, 0.25) is 0 Å². The summed E-state index contributed by atoms with van der Waals surface area (Å²) in [5.41, 5.74) is 0.596. The van der Waals surface area contributed by atoms with Crippen LogP contribution >= 0.6 is 11.3 Å². The van der Waals surface area contributed by atoms with Crippen molar-refractivity contribution in [2.24, 2.45) is 5.92 Å². The number of likely N-dealkylation sites (tertiary alicyclic amines) is 1. The SMILES string of the molecule is COCCCN1C(=O)C(=O)/C(=C(/O)c2ccc(OCC(C)C)cc2)[C@H]1c1cccs1. The molecule has 0 aliphatic carbocycles. The van der Waals surface area contributed by atoms with Gasteiger partial charge < -0.3 is 19.5 Å². The second-order valence-corrected chi connectivity index (χ2v) is 8.56. The molecule has 1 amide bonds. The second kappa shape index (κ2) is 9.91. The third-order valence-corrected chi connectivity index (χ3v) is 5.74. The highest BCUT2D eigenvalue weighted by Crippen LogP contribution is 2.41. The van der Waals surface area contributed by atoms with Gasteiger partial charge in [-0.2, -0.15) is 0 Å². The van der Waals surface area contributed by atoms with E-state index in [2.05, 4.69) is 13.8 Å². The van der Waals surface area contributed by atoms with Crippen LogP contribution in [-0.2, 0) is 14.3 Å². The molecule has 1 N–H and O–H groups in total. The van der Waals surface area contributed by atoms with Crippen LogP contribution in [0.3, 0.4) is 0 Å². The van der Waals surface area contributed by atoms with E-state index in [-0.39, 0.29) is 11.3 Å². The fourth-order valence-corrected chi connectivity index (χ4v) is 4.21. The Morgan fingerprint density at radius 3 is 2.53 bits per heavy atom. The van der Waals surface area contributed by atoms with Crippen LogP contribution in [0.15, 0.2) is 47.4 Å². The maximum atomic E-state index is 12.9. The quantitative estimate of drug-likeness (QED) is 0.279. The molecular formula is C23H27NO5S. The number of benzene rings is 1. The first kappa shape index (κ1) is 22.1. The van der Waals surface area contributed by atoms with Crippen molar-refractivity contribution in [2.75, 3.05) is 26.9 Å². The molecule has 1 aromatic carbocycles. The van der Waals surface area contributed by atoms with Crippen molar-refractivity contribution in [1.29, 1.82) is 0 Å². The molecule has 1 fully saturated rings. The van der Waals surface area contributed by atoms with Crippen molar-refractivity contribution < 1.29 is 24.2 Å². The second-order valence-electron chi connectivity index (χ2n) is 7.58. The molecule has 2 heterocycles. The monoisotopic (exact) mass is 429 g/mol. The average molecular weight is 430 g/mol. The Hall–Kier alpha value is -2.64. The minimum absolute atomic E-state index is 0.121. The molecule has 1 aliphatic rings. The number of ether oxygens (including phenoxy) is 2. The summed E-state index contributed by atoms with van der Waals surface area (Å²) in [4.78, 5) is 27.9. The van der Waals surface area contributed by atoms with E-state index in [1.165, 1.54) is 16.2 Å². The van der Waals surface area contributed by atoms with Gasteiger partial charge in [0.05, 0.1) is 18.2 Å². The Morgan fingerprint density at radius 1 is 1.20 bits per heavy atom. The highest BCUT2D eigenvalue weighted by atomic mass is 32.1. The topological polar surface area (TPSA) is 76.1 Å². The number of nitrogens with zero attached hydrogens (tertiary/aromatic N) is 1. The van der Waals surface area contributed by atoms with Gasteiger partial charge >= 0.3 is 0 Å². The van der Waals surface area contributed by atoms with Crippen LogP contribution in [0.1, 0.15) is 36.8 Å². The molecule has 30 heavy (non-hydrogen) atoms. The lowest BCUT2D eigenvalue weighted by Gasteiger charge is -2.24. The number of aliphatic hydroxyl groups excluding tert-OH is 1. The predicted octanol–water partition coefficient (Wildman–Crippen LogP) is 4.24. The maximum absolute atomic E-state index is 12.9. The van der Waals surface area contributed by atoms with Crippen LogP contribution in [0.4, 0.5) is 0 Å². The van der Waals surface area contributed by atoms with Gasteiger partial charge in [-0.1, -0.05) is 19.9 Å². The summed E-state index contributed by atoms with van der Waals surface area (Å²) >= 11 is 1.45. The molecule has 2 aromatic rings. The lowest BCUT2D eigenvalue weighted by molar-refractivity contribution is -0.140.